The summed E-state index contributed by atoms with van der Waals surface area (Å²) in [4.78, 5) is 20.3. The second kappa shape index (κ2) is 15.7. The summed E-state index contributed by atoms with van der Waals surface area (Å²) < 4.78 is 0. The molecule has 5 heterocycles. The predicted octanol–water partition coefficient (Wildman–Crippen LogP) is 12.4. The van der Waals surface area contributed by atoms with Gasteiger partial charge in [0.25, 0.3) is 6.71 Å². The van der Waals surface area contributed by atoms with Crippen LogP contribution in [0.5, 0.6) is 0 Å². The van der Waals surface area contributed by atoms with E-state index in [0.29, 0.717) is 0 Å². The molecular weight excluding hydrogens is 779 g/mol. The van der Waals surface area contributed by atoms with E-state index >= 15 is 0 Å². The van der Waals surface area contributed by atoms with Gasteiger partial charge in [0, 0.05) is 88.4 Å². The van der Waals surface area contributed by atoms with Crippen molar-refractivity contribution in [3.05, 3.63) is 237 Å². The first-order valence-electron chi connectivity index (χ1n) is 21.6. The van der Waals surface area contributed by atoms with Crippen LogP contribution in [0, 0.1) is 0 Å². The normalized spacial score (nSPS) is 12.3. The van der Waals surface area contributed by atoms with Crippen molar-refractivity contribution in [2.24, 2.45) is 0 Å². The molecule has 7 heteroatoms. The Kier molecular flexibility index (Phi) is 9.15. The van der Waals surface area contributed by atoms with Crippen LogP contribution in [0.4, 0.5) is 51.2 Å². The molecule has 2 aliphatic heterocycles. The summed E-state index contributed by atoms with van der Waals surface area (Å²) in [6, 6.07) is 72.4. The van der Waals surface area contributed by atoms with E-state index < -0.39 is 0 Å². The first-order valence-corrected chi connectivity index (χ1v) is 21.6. The van der Waals surface area contributed by atoms with Crippen molar-refractivity contribution in [1.29, 1.82) is 0 Å². The standard InChI is InChI=1S/C57H39BN6/c1-3-10-46(11-4-1)62(47-12-5-2-6-13-47)49-22-23-52-56(39-49)63(48-20-18-40(19-21-48)41-24-30-59-31-25-41)54-16-9-17-55-57(54)58(52)51-14-7-8-15-53(51)64(55)50-37-44(42-26-32-60-33-27-42)36-45(38-50)43-28-34-61-35-29-43/h1-39H. The summed E-state index contributed by atoms with van der Waals surface area (Å²) in [7, 11) is 0. The number of para-hydroxylation sites is 3. The molecule has 0 bridgehead atoms. The Balaban J connectivity index is 1.09. The maximum Gasteiger partial charge on any atom is 0.252 e. The molecule has 0 N–H and O–H groups in total. The SMILES string of the molecule is c1ccc(N(c2ccccc2)c2ccc3c(c2)N(c2ccc(-c4ccncc4)cc2)c2cccc4c2B3c2ccccc2N4c2cc(-c3ccncc3)cc(-c3ccncc3)c2)cc1. The summed E-state index contributed by atoms with van der Waals surface area (Å²) in [6.07, 6.45) is 11.2. The van der Waals surface area contributed by atoms with E-state index in [1.807, 2.05) is 37.2 Å². The van der Waals surface area contributed by atoms with E-state index in [9.17, 15) is 0 Å². The van der Waals surface area contributed by atoms with Crippen molar-refractivity contribution in [3.8, 4) is 33.4 Å². The highest BCUT2D eigenvalue weighted by Crippen LogP contribution is 2.47. The molecule has 0 amide bonds. The molecule has 0 atom stereocenters. The van der Waals surface area contributed by atoms with Crippen molar-refractivity contribution in [2.75, 3.05) is 14.7 Å². The topological polar surface area (TPSA) is 48.4 Å². The van der Waals surface area contributed by atoms with E-state index in [-0.39, 0.29) is 6.71 Å². The van der Waals surface area contributed by atoms with Crippen LogP contribution in [-0.2, 0) is 0 Å². The molecule has 0 saturated carbocycles. The lowest BCUT2D eigenvalue weighted by atomic mass is 9.33. The second-order valence-electron chi connectivity index (χ2n) is 16.1. The first-order chi connectivity index (χ1) is 31.8. The summed E-state index contributed by atoms with van der Waals surface area (Å²) in [5, 5.41) is 0. The lowest BCUT2D eigenvalue weighted by Crippen LogP contribution is -2.61. The minimum Gasteiger partial charge on any atom is -0.311 e. The monoisotopic (exact) mass is 818 g/mol. The fourth-order valence-corrected chi connectivity index (χ4v) is 9.68. The number of benzene rings is 7. The van der Waals surface area contributed by atoms with Crippen molar-refractivity contribution in [3.63, 3.8) is 0 Å². The van der Waals surface area contributed by atoms with Gasteiger partial charge in [-0.1, -0.05) is 78.9 Å². The molecule has 300 valence electrons. The second-order valence-corrected chi connectivity index (χ2v) is 16.1. The van der Waals surface area contributed by atoms with Crippen molar-refractivity contribution < 1.29 is 0 Å². The van der Waals surface area contributed by atoms with Crippen LogP contribution >= 0.6 is 0 Å². The van der Waals surface area contributed by atoms with E-state index in [1.165, 1.54) is 16.4 Å². The highest BCUT2D eigenvalue weighted by molar-refractivity contribution is 7.00. The maximum absolute atomic E-state index is 4.34. The zero-order chi connectivity index (χ0) is 42.4. The van der Waals surface area contributed by atoms with Gasteiger partial charge in [0.1, 0.15) is 0 Å². The zero-order valence-corrected chi connectivity index (χ0v) is 34.8. The molecule has 10 aromatic rings. The fraction of sp³-hybridized carbons (Fsp3) is 0. The van der Waals surface area contributed by atoms with Crippen LogP contribution in [0.2, 0.25) is 0 Å². The summed E-state index contributed by atoms with van der Waals surface area (Å²) in [5.74, 6) is 0. The largest absolute Gasteiger partial charge is 0.311 e. The summed E-state index contributed by atoms with van der Waals surface area (Å²) in [5.41, 5.74) is 20.5. The number of hydrogen-bond acceptors (Lipinski definition) is 6. The van der Waals surface area contributed by atoms with E-state index in [2.05, 4.69) is 230 Å². The molecule has 6 nitrogen and oxygen atoms in total. The number of aromatic nitrogens is 3. The molecule has 0 spiro atoms. The Labute approximate surface area is 373 Å². The average molecular weight is 819 g/mol. The highest BCUT2D eigenvalue weighted by atomic mass is 15.2. The van der Waals surface area contributed by atoms with E-state index in [1.54, 1.807) is 0 Å². The quantitative estimate of drug-likeness (QED) is 0.142. The fourth-order valence-electron chi connectivity index (χ4n) is 9.68. The molecule has 0 saturated heterocycles. The Morgan fingerprint density at radius 2 is 0.781 bits per heavy atom. The smallest absolute Gasteiger partial charge is 0.252 e. The summed E-state index contributed by atoms with van der Waals surface area (Å²) in [6.45, 7) is -0.0278. The third-order valence-electron chi connectivity index (χ3n) is 12.5. The van der Waals surface area contributed by atoms with Gasteiger partial charge < -0.3 is 14.7 Å². The average Bonchev–Trinajstić information content (AvgIpc) is 3.38. The Hall–Kier alpha value is -8.55. The van der Waals surface area contributed by atoms with Crippen molar-refractivity contribution in [2.45, 2.75) is 0 Å². The molecule has 7 aromatic carbocycles. The van der Waals surface area contributed by atoms with Crippen LogP contribution in [0.3, 0.4) is 0 Å². The highest BCUT2D eigenvalue weighted by Gasteiger charge is 2.43. The van der Waals surface area contributed by atoms with Crippen LogP contribution in [0.25, 0.3) is 33.4 Å². The predicted molar refractivity (Wildman–Crippen MR) is 265 cm³/mol. The van der Waals surface area contributed by atoms with Gasteiger partial charge in [0.15, 0.2) is 0 Å². The van der Waals surface area contributed by atoms with Crippen LogP contribution in [0.1, 0.15) is 0 Å². The van der Waals surface area contributed by atoms with Crippen LogP contribution in [-0.4, -0.2) is 21.7 Å². The summed E-state index contributed by atoms with van der Waals surface area (Å²) >= 11 is 0. The van der Waals surface area contributed by atoms with Crippen LogP contribution < -0.4 is 31.1 Å². The lowest BCUT2D eigenvalue weighted by Gasteiger charge is -2.44. The third-order valence-corrected chi connectivity index (χ3v) is 12.5. The van der Waals surface area contributed by atoms with Gasteiger partial charge in [-0.05, 0) is 171 Å². The maximum atomic E-state index is 4.34. The molecule has 0 aliphatic carbocycles. The molecular formula is C57H39BN6. The Morgan fingerprint density at radius 3 is 1.36 bits per heavy atom. The molecule has 64 heavy (non-hydrogen) atoms. The Bertz CT molecular complexity index is 3180. The zero-order valence-electron chi connectivity index (χ0n) is 34.8. The number of rotatable bonds is 8. The molecule has 12 rings (SSSR count). The molecule has 2 aliphatic rings. The third kappa shape index (κ3) is 6.41. The number of hydrogen-bond donors (Lipinski definition) is 0. The van der Waals surface area contributed by atoms with Gasteiger partial charge in [-0.15, -0.1) is 0 Å². The minimum absolute atomic E-state index is 0.0278. The van der Waals surface area contributed by atoms with Gasteiger partial charge >= 0.3 is 0 Å². The first kappa shape index (κ1) is 37.2. The number of nitrogens with zero attached hydrogens (tertiary/aromatic N) is 6. The van der Waals surface area contributed by atoms with Gasteiger partial charge in [-0.2, -0.15) is 0 Å². The van der Waals surface area contributed by atoms with Gasteiger partial charge in [0.2, 0.25) is 0 Å². The lowest BCUT2D eigenvalue weighted by molar-refractivity contribution is 1.24. The van der Waals surface area contributed by atoms with Gasteiger partial charge in [0.05, 0.1) is 0 Å². The molecule has 0 fully saturated rings. The van der Waals surface area contributed by atoms with Gasteiger partial charge in [-0.25, -0.2) is 0 Å². The van der Waals surface area contributed by atoms with E-state index in [0.717, 1.165) is 84.6 Å². The van der Waals surface area contributed by atoms with Gasteiger partial charge in [-0.3, -0.25) is 15.0 Å². The van der Waals surface area contributed by atoms with Crippen molar-refractivity contribution >= 4 is 74.3 Å². The molecule has 0 unspecified atom stereocenters. The van der Waals surface area contributed by atoms with E-state index in [4.69, 9.17) is 0 Å². The number of anilines is 9. The molecule has 0 radical (unpaired) electrons. The minimum atomic E-state index is -0.0278. The number of fused-ring (bicyclic) bond motifs is 4. The van der Waals surface area contributed by atoms with Crippen LogP contribution in [0.15, 0.2) is 237 Å². The Morgan fingerprint density at radius 1 is 0.312 bits per heavy atom. The molecule has 3 aromatic heterocycles. The van der Waals surface area contributed by atoms with Crippen molar-refractivity contribution in [1.82, 2.24) is 15.0 Å². The number of pyridine rings is 3.